The Morgan fingerprint density at radius 3 is 2.47 bits per heavy atom. The van der Waals surface area contributed by atoms with E-state index in [4.69, 9.17) is 17.0 Å². The number of pyridine rings is 1. The van der Waals surface area contributed by atoms with E-state index in [1.807, 2.05) is 6.07 Å². The highest BCUT2D eigenvalue weighted by Crippen LogP contribution is 2.39. The molecule has 3 aliphatic rings. The molecule has 3 heterocycles. The maximum atomic E-state index is 13.5. The van der Waals surface area contributed by atoms with Gasteiger partial charge in [0.15, 0.2) is 0 Å². The minimum Gasteiger partial charge on any atom is -0.466 e. The number of nitriles is 1. The van der Waals surface area contributed by atoms with Crippen LogP contribution in [0.3, 0.4) is 0 Å². The van der Waals surface area contributed by atoms with E-state index in [0.717, 1.165) is 25.7 Å². The van der Waals surface area contributed by atoms with Gasteiger partial charge in [-0.1, -0.05) is 43.2 Å². The Labute approximate surface area is 221 Å². The zero-order valence-electron chi connectivity index (χ0n) is 21.0. The van der Waals surface area contributed by atoms with Crippen molar-refractivity contribution < 1.29 is 14.3 Å². The number of hydrogen-bond acceptors (Lipinski definition) is 8. The molecular formula is C26H32N4O4S2. The van der Waals surface area contributed by atoms with E-state index in [1.165, 1.54) is 22.7 Å². The zero-order valence-corrected chi connectivity index (χ0v) is 22.7. The van der Waals surface area contributed by atoms with E-state index < -0.39 is 0 Å². The molecule has 1 aromatic rings. The molecule has 3 fully saturated rings. The van der Waals surface area contributed by atoms with Gasteiger partial charge in [-0.05, 0) is 51.2 Å². The summed E-state index contributed by atoms with van der Waals surface area (Å²) < 4.78 is 7.25. The van der Waals surface area contributed by atoms with Crippen molar-refractivity contribution in [1.29, 1.82) is 5.26 Å². The van der Waals surface area contributed by atoms with Crippen molar-refractivity contribution in [1.82, 2.24) is 9.47 Å². The van der Waals surface area contributed by atoms with Gasteiger partial charge in [0.2, 0.25) is 0 Å². The minimum absolute atomic E-state index is 0.0664. The molecule has 0 unspecified atom stereocenters. The van der Waals surface area contributed by atoms with Gasteiger partial charge < -0.3 is 9.64 Å². The van der Waals surface area contributed by atoms with Crippen molar-refractivity contribution in [3.05, 3.63) is 31.9 Å². The topological polar surface area (TPSA) is 95.6 Å². The molecular weight excluding hydrogens is 496 g/mol. The number of thiocarbonyl (C=S) groups is 1. The molecule has 0 bridgehead atoms. The smallest absolute Gasteiger partial charge is 0.309 e. The molecule has 2 aliphatic heterocycles. The second-order valence-corrected chi connectivity index (χ2v) is 11.2. The van der Waals surface area contributed by atoms with Gasteiger partial charge in [0.05, 0.1) is 17.4 Å². The predicted octanol–water partition coefficient (Wildman–Crippen LogP) is 3.88. The summed E-state index contributed by atoms with van der Waals surface area (Å²) in [6, 6.07) is 2.18. The van der Waals surface area contributed by atoms with Gasteiger partial charge in [0.1, 0.15) is 21.8 Å². The van der Waals surface area contributed by atoms with Gasteiger partial charge in [0.25, 0.3) is 11.5 Å². The standard InChI is InChI=1S/C26H32N4O4S2/c1-4-34-25(33)17-10-12-29(13-11-17)22-19(16(2)20(15-27)23(31)28(22)3)14-21-24(32)30(26(35)36-21)18-8-6-5-7-9-18/h14,17-18H,4-13H2,1-3H3. The molecule has 1 aliphatic carbocycles. The molecule has 1 saturated carbocycles. The zero-order chi connectivity index (χ0) is 26.0. The Morgan fingerprint density at radius 1 is 1.19 bits per heavy atom. The Kier molecular flexibility index (Phi) is 8.20. The number of piperidine rings is 1. The monoisotopic (exact) mass is 528 g/mol. The van der Waals surface area contributed by atoms with Crippen molar-refractivity contribution in [2.24, 2.45) is 13.0 Å². The number of ether oxygens (including phenoxy) is 1. The van der Waals surface area contributed by atoms with Crippen LogP contribution in [0.1, 0.15) is 68.6 Å². The van der Waals surface area contributed by atoms with Crippen LogP contribution in [0.15, 0.2) is 9.70 Å². The van der Waals surface area contributed by atoms with E-state index in [1.54, 1.807) is 31.9 Å². The summed E-state index contributed by atoms with van der Waals surface area (Å²) in [7, 11) is 1.65. The quantitative estimate of drug-likeness (QED) is 0.323. The number of carbonyl (C=O) groups is 2. The van der Waals surface area contributed by atoms with Gasteiger partial charge in [-0.25, -0.2) is 0 Å². The first kappa shape index (κ1) is 26.4. The molecule has 1 aromatic heterocycles. The van der Waals surface area contributed by atoms with Crippen LogP contribution in [0.25, 0.3) is 6.08 Å². The average Bonchev–Trinajstić information content (AvgIpc) is 3.16. The van der Waals surface area contributed by atoms with E-state index in [9.17, 15) is 19.6 Å². The fourth-order valence-corrected chi connectivity index (χ4v) is 6.83. The van der Waals surface area contributed by atoms with Gasteiger partial charge in [-0.3, -0.25) is 23.9 Å². The van der Waals surface area contributed by atoms with E-state index in [2.05, 4.69) is 4.90 Å². The lowest BCUT2D eigenvalue weighted by molar-refractivity contribution is -0.148. The molecule has 4 rings (SSSR count). The molecule has 2 saturated heterocycles. The van der Waals surface area contributed by atoms with Crippen LogP contribution in [-0.4, -0.2) is 51.4 Å². The Hall–Kier alpha value is -2.64. The predicted molar refractivity (Wildman–Crippen MR) is 145 cm³/mol. The lowest BCUT2D eigenvalue weighted by Gasteiger charge is -2.35. The van der Waals surface area contributed by atoms with Crippen molar-refractivity contribution in [2.75, 3.05) is 24.6 Å². The minimum atomic E-state index is -0.371. The van der Waals surface area contributed by atoms with Crippen molar-refractivity contribution in [3.63, 3.8) is 0 Å². The first-order valence-electron chi connectivity index (χ1n) is 12.6. The number of anilines is 1. The first-order chi connectivity index (χ1) is 17.3. The Morgan fingerprint density at radius 2 is 1.86 bits per heavy atom. The first-order valence-corrected chi connectivity index (χ1v) is 13.8. The maximum absolute atomic E-state index is 13.5. The number of amides is 1. The summed E-state index contributed by atoms with van der Waals surface area (Å²) in [6.07, 6.45) is 8.30. The number of hydrogen-bond donors (Lipinski definition) is 0. The highest BCUT2D eigenvalue weighted by Gasteiger charge is 2.38. The highest BCUT2D eigenvalue weighted by atomic mass is 32.2. The number of esters is 1. The van der Waals surface area contributed by atoms with Gasteiger partial charge in [-0.15, -0.1) is 0 Å². The Bertz CT molecular complexity index is 1200. The molecule has 0 spiro atoms. The van der Waals surface area contributed by atoms with Crippen LogP contribution in [0, 0.1) is 24.2 Å². The third-order valence-corrected chi connectivity index (χ3v) is 8.75. The summed E-state index contributed by atoms with van der Waals surface area (Å²) in [5.41, 5.74) is 0.916. The highest BCUT2D eigenvalue weighted by molar-refractivity contribution is 8.26. The molecule has 1 amide bonds. The lowest BCUT2D eigenvalue weighted by Crippen LogP contribution is -2.41. The number of carbonyl (C=O) groups excluding carboxylic acids is 2. The fraction of sp³-hybridized carbons (Fsp3) is 0.577. The Balaban J connectivity index is 1.71. The molecule has 8 nitrogen and oxygen atoms in total. The normalized spacial score (nSPS) is 20.8. The number of thioether (sulfide) groups is 1. The number of aromatic nitrogens is 1. The van der Waals surface area contributed by atoms with E-state index >= 15 is 0 Å². The molecule has 10 heteroatoms. The van der Waals surface area contributed by atoms with Gasteiger partial charge >= 0.3 is 5.97 Å². The molecule has 36 heavy (non-hydrogen) atoms. The van der Waals surface area contributed by atoms with Crippen molar-refractivity contribution >= 4 is 52.1 Å². The second kappa shape index (κ2) is 11.2. The van der Waals surface area contributed by atoms with Crippen molar-refractivity contribution in [2.45, 2.75) is 64.8 Å². The van der Waals surface area contributed by atoms with Crippen LogP contribution in [0.5, 0.6) is 0 Å². The third kappa shape index (κ3) is 4.96. The second-order valence-electron chi connectivity index (χ2n) is 9.57. The summed E-state index contributed by atoms with van der Waals surface area (Å²) in [4.78, 5) is 43.0. The average molecular weight is 529 g/mol. The van der Waals surface area contributed by atoms with Crippen LogP contribution in [0.4, 0.5) is 5.82 Å². The largest absolute Gasteiger partial charge is 0.466 e. The SMILES string of the molecule is CCOC(=O)C1CCN(c2c(C=C3SC(=S)N(C4CCCCC4)C3=O)c(C)c(C#N)c(=O)n2C)CC1. The third-order valence-electron chi connectivity index (χ3n) is 7.42. The lowest BCUT2D eigenvalue weighted by atomic mass is 9.94. The number of nitrogens with zero attached hydrogens (tertiary/aromatic N) is 4. The molecule has 0 aromatic carbocycles. The summed E-state index contributed by atoms with van der Waals surface area (Å²) >= 11 is 6.89. The van der Waals surface area contributed by atoms with Crippen LogP contribution < -0.4 is 10.5 Å². The molecule has 0 atom stereocenters. The summed E-state index contributed by atoms with van der Waals surface area (Å²) in [5.74, 6) is 0.193. The number of rotatable bonds is 5. The van der Waals surface area contributed by atoms with Gasteiger partial charge in [-0.2, -0.15) is 5.26 Å². The molecule has 192 valence electrons. The van der Waals surface area contributed by atoms with Crippen LogP contribution in [0.2, 0.25) is 0 Å². The van der Waals surface area contributed by atoms with Gasteiger partial charge in [0, 0.05) is 31.7 Å². The van der Waals surface area contributed by atoms with E-state index in [0.29, 0.717) is 58.7 Å². The van der Waals surface area contributed by atoms with E-state index in [-0.39, 0.29) is 35.0 Å². The molecule has 0 N–H and O–H groups in total. The molecule has 0 radical (unpaired) electrons. The van der Waals surface area contributed by atoms with Crippen molar-refractivity contribution in [3.8, 4) is 6.07 Å². The summed E-state index contributed by atoms with van der Waals surface area (Å²) in [6.45, 7) is 5.03. The summed E-state index contributed by atoms with van der Waals surface area (Å²) in [5, 5.41) is 9.71. The maximum Gasteiger partial charge on any atom is 0.309 e. The van der Waals surface area contributed by atoms with Crippen LogP contribution >= 0.6 is 24.0 Å². The van der Waals surface area contributed by atoms with Crippen LogP contribution in [-0.2, 0) is 21.4 Å². The fourth-order valence-electron chi connectivity index (χ4n) is 5.45.